The van der Waals surface area contributed by atoms with Gasteiger partial charge in [0.1, 0.15) is 26.8 Å². The summed E-state index contributed by atoms with van der Waals surface area (Å²) >= 11 is 0. The van der Waals surface area contributed by atoms with Gasteiger partial charge in [-0.05, 0) is 16.6 Å². The second kappa shape index (κ2) is 8.03. The van der Waals surface area contributed by atoms with Crippen LogP contribution in [0.5, 0.6) is 0 Å². The highest BCUT2D eigenvalue weighted by Crippen LogP contribution is 2.40. The SMILES string of the molecule is C=CCN1C(=O)OC[C@H]1[C@H](O)C#C[Si](C(C)C)(C(C)C)C(C)C. The number of cyclic esters (lactones) is 1. The number of carbonyl (C=O) groups excluding carboxylic acids is 1. The van der Waals surface area contributed by atoms with E-state index >= 15 is 0 Å². The van der Waals surface area contributed by atoms with Crippen LogP contribution in [0.15, 0.2) is 12.7 Å². The Kier molecular flexibility index (Phi) is 6.91. The largest absolute Gasteiger partial charge is 0.447 e. The Hall–Kier alpha value is -1.25. The summed E-state index contributed by atoms with van der Waals surface area (Å²) in [6.45, 7) is 17.6. The molecular formula is C18H31NO3Si. The molecule has 0 aromatic rings. The Morgan fingerprint density at radius 2 is 1.83 bits per heavy atom. The van der Waals surface area contributed by atoms with Crippen LogP contribution in [0.3, 0.4) is 0 Å². The number of rotatable bonds is 6. The fraction of sp³-hybridized carbons (Fsp3) is 0.722. The van der Waals surface area contributed by atoms with E-state index in [2.05, 4.69) is 59.6 Å². The smallest absolute Gasteiger partial charge is 0.410 e. The molecule has 1 heterocycles. The molecule has 2 atom stereocenters. The molecule has 0 radical (unpaired) electrons. The predicted molar refractivity (Wildman–Crippen MR) is 96.9 cm³/mol. The third-order valence-corrected chi connectivity index (χ3v) is 11.3. The van der Waals surface area contributed by atoms with Crippen molar-refractivity contribution in [3.8, 4) is 11.5 Å². The summed E-state index contributed by atoms with van der Waals surface area (Å²) in [5.74, 6) is 3.08. The normalized spacial score (nSPS) is 19.8. The molecule has 1 N–H and O–H groups in total. The maximum atomic E-state index is 11.7. The van der Waals surface area contributed by atoms with Gasteiger partial charge in [0.25, 0.3) is 0 Å². The molecule has 0 unspecified atom stereocenters. The van der Waals surface area contributed by atoms with E-state index in [-0.39, 0.29) is 6.61 Å². The van der Waals surface area contributed by atoms with Crippen molar-refractivity contribution >= 4 is 14.2 Å². The van der Waals surface area contributed by atoms with E-state index in [9.17, 15) is 9.90 Å². The van der Waals surface area contributed by atoms with Crippen molar-refractivity contribution in [1.82, 2.24) is 4.90 Å². The van der Waals surface area contributed by atoms with Crippen molar-refractivity contribution in [3.63, 3.8) is 0 Å². The van der Waals surface area contributed by atoms with Crippen molar-refractivity contribution in [2.45, 2.75) is 70.3 Å². The number of amides is 1. The number of hydrogen-bond donors (Lipinski definition) is 1. The molecule has 0 aromatic carbocycles. The Bertz CT molecular complexity index is 468. The minimum atomic E-state index is -1.88. The molecule has 1 aliphatic rings. The molecule has 4 nitrogen and oxygen atoms in total. The number of aliphatic hydroxyl groups excluding tert-OH is 1. The standard InChI is InChI=1S/C18H31NO3Si/c1-8-10-19-16(12-22-18(19)21)17(20)9-11-23(13(2)3,14(4)5)15(6)7/h8,13-17,20H,1,10,12H2,2-7H3/t16-,17+/m0/s1. The zero-order valence-electron chi connectivity index (χ0n) is 15.3. The number of nitrogens with zero attached hydrogens (tertiary/aromatic N) is 1. The first kappa shape index (κ1) is 19.8. The topological polar surface area (TPSA) is 49.8 Å². The van der Waals surface area contributed by atoms with Gasteiger partial charge in [0.05, 0.1) is 0 Å². The average molecular weight is 338 g/mol. The van der Waals surface area contributed by atoms with Gasteiger partial charge in [-0.1, -0.05) is 53.5 Å². The molecule has 1 saturated heterocycles. The van der Waals surface area contributed by atoms with Crippen LogP contribution in [0.25, 0.3) is 0 Å². The first-order valence-corrected chi connectivity index (χ1v) is 10.7. The highest BCUT2D eigenvalue weighted by Gasteiger charge is 2.42. The lowest BCUT2D eigenvalue weighted by Crippen LogP contribution is -2.45. The maximum Gasteiger partial charge on any atom is 0.410 e. The molecule has 0 bridgehead atoms. The lowest BCUT2D eigenvalue weighted by molar-refractivity contribution is 0.134. The molecule has 1 amide bonds. The van der Waals surface area contributed by atoms with E-state index in [1.165, 1.54) is 4.90 Å². The van der Waals surface area contributed by atoms with E-state index in [1.807, 2.05) is 0 Å². The number of carbonyl (C=O) groups is 1. The van der Waals surface area contributed by atoms with Crippen LogP contribution in [0.2, 0.25) is 16.6 Å². The lowest BCUT2D eigenvalue weighted by atomic mass is 10.1. The highest BCUT2D eigenvalue weighted by molar-refractivity contribution is 6.90. The summed E-state index contributed by atoms with van der Waals surface area (Å²) in [5, 5.41) is 10.5. The molecule has 5 heteroatoms. The number of hydrogen-bond acceptors (Lipinski definition) is 3. The summed E-state index contributed by atoms with van der Waals surface area (Å²) in [6, 6.07) is -0.411. The fourth-order valence-corrected chi connectivity index (χ4v) is 9.07. The van der Waals surface area contributed by atoms with Gasteiger partial charge in [-0.25, -0.2) is 4.79 Å². The molecule has 130 valence electrons. The first-order chi connectivity index (χ1) is 10.7. The van der Waals surface area contributed by atoms with Crippen LogP contribution in [-0.2, 0) is 4.74 Å². The number of aliphatic hydroxyl groups is 1. The van der Waals surface area contributed by atoms with Gasteiger partial charge in [0, 0.05) is 6.54 Å². The molecule has 0 aliphatic carbocycles. The van der Waals surface area contributed by atoms with E-state index in [0.717, 1.165) is 0 Å². The highest BCUT2D eigenvalue weighted by atomic mass is 28.3. The van der Waals surface area contributed by atoms with Crippen LogP contribution in [-0.4, -0.2) is 49.5 Å². The molecule has 0 saturated carbocycles. The summed E-state index contributed by atoms with van der Waals surface area (Å²) in [4.78, 5) is 13.2. The molecule has 1 aliphatic heterocycles. The minimum Gasteiger partial charge on any atom is -0.447 e. The van der Waals surface area contributed by atoms with E-state index in [1.54, 1.807) is 6.08 Å². The van der Waals surface area contributed by atoms with E-state index < -0.39 is 26.3 Å². The van der Waals surface area contributed by atoms with E-state index in [4.69, 9.17) is 4.74 Å². The zero-order valence-corrected chi connectivity index (χ0v) is 16.3. The van der Waals surface area contributed by atoms with Gasteiger partial charge in [0.15, 0.2) is 0 Å². The third kappa shape index (κ3) is 3.99. The third-order valence-electron chi connectivity index (χ3n) is 5.01. The Balaban J connectivity index is 3.07. The number of ether oxygens (including phenoxy) is 1. The van der Waals surface area contributed by atoms with Crippen LogP contribution in [0.4, 0.5) is 4.79 Å². The Labute approximate surface area is 141 Å². The van der Waals surface area contributed by atoms with Crippen LogP contribution >= 0.6 is 0 Å². The Morgan fingerprint density at radius 1 is 1.30 bits per heavy atom. The molecule has 1 fully saturated rings. The van der Waals surface area contributed by atoms with Gasteiger partial charge in [0.2, 0.25) is 0 Å². The minimum absolute atomic E-state index is 0.183. The van der Waals surface area contributed by atoms with Crippen molar-refractivity contribution < 1.29 is 14.6 Å². The monoisotopic (exact) mass is 337 g/mol. The van der Waals surface area contributed by atoms with Gasteiger partial charge in [-0.2, -0.15) is 0 Å². The van der Waals surface area contributed by atoms with Gasteiger partial charge >= 0.3 is 6.09 Å². The molecule has 0 spiro atoms. The molecular weight excluding hydrogens is 306 g/mol. The first-order valence-electron chi connectivity index (χ1n) is 8.43. The molecule has 1 rings (SSSR count). The van der Waals surface area contributed by atoms with Crippen LogP contribution in [0.1, 0.15) is 41.5 Å². The van der Waals surface area contributed by atoms with Crippen molar-refractivity contribution in [2.24, 2.45) is 0 Å². The second-order valence-corrected chi connectivity index (χ2v) is 12.8. The van der Waals surface area contributed by atoms with Crippen molar-refractivity contribution in [2.75, 3.05) is 13.2 Å². The van der Waals surface area contributed by atoms with Gasteiger partial charge < -0.3 is 9.84 Å². The van der Waals surface area contributed by atoms with Crippen molar-refractivity contribution in [1.29, 1.82) is 0 Å². The predicted octanol–water partition coefficient (Wildman–Crippen LogP) is 3.58. The summed E-state index contributed by atoms with van der Waals surface area (Å²) in [6.07, 6.45) is 0.343. The van der Waals surface area contributed by atoms with Crippen molar-refractivity contribution in [3.05, 3.63) is 12.7 Å². The fourth-order valence-electron chi connectivity index (χ4n) is 3.80. The summed E-state index contributed by atoms with van der Waals surface area (Å²) < 4.78 is 5.05. The van der Waals surface area contributed by atoms with Gasteiger partial charge in [-0.15, -0.1) is 12.1 Å². The Morgan fingerprint density at radius 3 is 2.26 bits per heavy atom. The zero-order chi connectivity index (χ0) is 17.8. The van der Waals surface area contributed by atoms with Gasteiger partial charge in [-0.3, -0.25) is 4.90 Å². The van der Waals surface area contributed by atoms with Crippen LogP contribution in [0, 0.1) is 11.5 Å². The second-order valence-electron chi connectivity index (χ2n) is 7.20. The van der Waals surface area contributed by atoms with E-state index in [0.29, 0.717) is 23.2 Å². The molecule has 0 aromatic heterocycles. The molecule has 23 heavy (non-hydrogen) atoms. The maximum absolute atomic E-state index is 11.7. The lowest BCUT2D eigenvalue weighted by Gasteiger charge is -2.38. The summed E-state index contributed by atoms with van der Waals surface area (Å²) in [7, 11) is -1.88. The van der Waals surface area contributed by atoms with Crippen LogP contribution < -0.4 is 0 Å². The average Bonchev–Trinajstić information content (AvgIpc) is 2.80. The quantitative estimate of drug-likeness (QED) is 0.458. The summed E-state index contributed by atoms with van der Waals surface area (Å²) in [5.41, 5.74) is 5.03.